The maximum atomic E-state index is 5.30. The summed E-state index contributed by atoms with van der Waals surface area (Å²) in [6.07, 6.45) is 0. The zero-order valence-electron chi connectivity index (χ0n) is 29.5. The molecule has 9 aromatic carbocycles. The molecule has 0 unspecified atom stereocenters. The molecule has 2 aromatic heterocycles. The van der Waals surface area contributed by atoms with Gasteiger partial charge in [0.15, 0.2) is 0 Å². The molecule has 0 atom stereocenters. The first-order chi connectivity index (χ1) is 27.3. The molecule has 0 spiro atoms. The Kier molecular flexibility index (Phi) is 5.80. The summed E-state index contributed by atoms with van der Waals surface area (Å²) in [4.78, 5) is 10.2. The Morgan fingerprint density at radius 2 is 0.927 bits per heavy atom. The van der Waals surface area contributed by atoms with Crippen LogP contribution in [0.25, 0.3) is 131 Å². The molecule has 2 aliphatic rings. The molecule has 2 nitrogen and oxygen atoms in total. The number of aromatic nitrogens is 2. The van der Waals surface area contributed by atoms with Gasteiger partial charge in [0.05, 0.1) is 26.9 Å². The second-order valence-electron chi connectivity index (χ2n) is 14.9. The molecule has 0 aliphatic heterocycles. The fourth-order valence-electron chi connectivity index (χ4n) is 9.66. The predicted octanol–water partition coefficient (Wildman–Crippen LogP) is 14.6. The Labute approximate surface area is 320 Å². The standard InChI is InChI=1S/C52H28N2S/c1-2-8-34-29(7-1)15-16-30-18-24-47(54-51(30)34)38-21-23-44-37-19-17-31(25-46(37)42-14-6-13-41(38)50(42)44)45-26-32(27-48-52(45)53-28-55-48)33-20-22-43-36-10-4-3-9-35(36)40-12-5-11-39(33)49(40)43/h1-28H. The van der Waals surface area contributed by atoms with Gasteiger partial charge in [0.2, 0.25) is 0 Å². The molecule has 0 N–H and O–H groups in total. The number of hydrogen-bond acceptors (Lipinski definition) is 3. The lowest BCUT2D eigenvalue weighted by Gasteiger charge is -2.13. The Morgan fingerprint density at radius 1 is 0.345 bits per heavy atom. The monoisotopic (exact) mass is 712 g/mol. The third-order valence-electron chi connectivity index (χ3n) is 12.1. The summed E-state index contributed by atoms with van der Waals surface area (Å²) >= 11 is 1.71. The first kappa shape index (κ1) is 29.5. The van der Waals surface area contributed by atoms with Crippen molar-refractivity contribution < 1.29 is 0 Å². The lowest BCUT2D eigenvalue weighted by atomic mass is 9.91. The number of benzene rings is 9. The highest BCUT2D eigenvalue weighted by Gasteiger charge is 2.26. The molecule has 2 aliphatic carbocycles. The molecule has 0 fully saturated rings. The topological polar surface area (TPSA) is 25.8 Å². The highest BCUT2D eigenvalue weighted by atomic mass is 32.1. The van der Waals surface area contributed by atoms with Crippen molar-refractivity contribution in [2.75, 3.05) is 0 Å². The minimum atomic E-state index is 0.999. The van der Waals surface area contributed by atoms with Gasteiger partial charge < -0.3 is 0 Å². The average Bonchev–Trinajstić information content (AvgIpc) is 3.95. The normalized spacial score (nSPS) is 12.4. The second-order valence-corrected chi connectivity index (χ2v) is 15.7. The molecule has 0 radical (unpaired) electrons. The summed E-state index contributed by atoms with van der Waals surface area (Å²) in [5, 5.41) is 8.73. The minimum absolute atomic E-state index is 0.999. The van der Waals surface area contributed by atoms with Gasteiger partial charge >= 0.3 is 0 Å². The van der Waals surface area contributed by atoms with Gasteiger partial charge in [-0.2, -0.15) is 0 Å². The van der Waals surface area contributed by atoms with E-state index in [1.54, 1.807) is 11.3 Å². The van der Waals surface area contributed by atoms with Gasteiger partial charge in [0.1, 0.15) is 0 Å². The number of fused-ring (bicyclic) bond motifs is 10. The molecular formula is C52H28N2S. The first-order valence-corrected chi connectivity index (χ1v) is 19.7. The molecule has 11 aromatic rings. The van der Waals surface area contributed by atoms with Gasteiger partial charge in [0, 0.05) is 21.9 Å². The van der Waals surface area contributed by atoms with Crippen molar-refractivity contribution in [1.82, 2.24) is 9.97 Å². The third kappa shape index (κ3) is 4.03. The maximum Gasteiger partial charge on any atom is 0.0890 e. The van der Waals surface area contributed by atoms with E-state index >= 15 is 0 Å². The van der Waals surface area contributed by atoms with Crippen molar-refractivity contribution in [2.45, 2.75) is 0 Å². The van der Waals surface area contributed by atoms with Gasteiger partial charge in [-0.1, -0.05) is 140 Å². The second kappa shape index (κ2) is 10.8. The minimum Gasteiger partial charge on any atom is -0.247 e. The predicted molar refractivity (Wildman–Crippen MR) is 233 cm³/mol. The van der Waals surface area contributed by atoms with Gasteiger partial charge in [-0.3, -0.25) is 0 Å². The van der Waals surface area contributed by atoms with Crippen LogP contribution in [0, 0.1) is 0 Å². The van der Waals surface area contributed by atoms with E-state index in [2.05, 4.69) is 164 Å². The number of hydrogen-bond donors (Lipinski definition) is 0. The SMILES string of the molecule is c1ccc2c(c1)-c1cccc3c(-c4cc(-c5ccc6c(c5)-c5cccc7c(-c8ccc9ccc%10ccccc%10c9n8)ccc-6c57)c5ncsc5c4)ccc-2c13. The van der Waals surface area contributed by atoms with Crippen molar-refractivity contribution in [3.05, 3.63) is 169 Å². The van der Waals surface area contributed by atoms with Gasteiger partial charge in [-0.25, -0.2) is 9.97 Å². The van der Waals surface area contributed by atoms with Crippen LogP contribution in [0.5, 0.6) is 0 Å². The van der Waals surface area contributed by atoms with Crippen molar-refractivity contribution in [2.24, 2.45) is 0 Å². The summed E-state index contributed by atoms with van der Waals surface area (Å²) in [5.41, 5.74) is 21.5. The van der Waals surface area contributed by atoms with E-state index in [9.17, 15) is 0 Å². The Bertz CT molecular complexity index is 3470. The van der Waals surface area contributed by atoms with Crippen molar-refractivity contribution in [3.8, 4) is 78.0 Å². The van der Waals surface area contributed by atoms with E-state index in [4.69, 9.17) is 9.97 Å². The molecule has 0 amide bonds. The number of thiazole rings is 1. The lowest BCUT2D eigenvalue weighted by molar-refractivity contribution is 1.42. The Hall–Kier alpha value is -6.94. The highest BCUT2D eigenvalue weighted by Crippen LogP contribution is 2.52. The van der Waals surface area contributed by atoms with Crippen LogP contribution in [0.2, 0.25) is 0 Å². The van der Waals surface area contributed by atoms with Gasteiger partial charge in [-0.15, -0.1) is 11.3 Å². The van der Waals surface area contributed by atoms with Crippen LogP contribution in [-0.2, 0) is 0 Å². The lowest BCUT2D eigenvalue weighted by Crippen LogP contribution is -1.89. The largest absolute Gasteiger partial charge is 0.247 e. The first-order valence-electron chi connectivity index (χ1n) is 18.8. The molecular weight excluding hydrogens is 685 g/mol. The van der Waals surface area contributed by atoms with Crippen molar-refractivity contribution >= 4 is 64.8 Å². The molecule has 0 saturated heterocycles. The number of rotatable bonds is 3. The zero-order valence-corrected chi connectivity index (χ0v) is 30.3. The Morgan fingerprint density at radius 3 is 1.76 bits per heavy atom. The highest BCUT2D eigenvalue weighted by molar-refractivity contribution is 7.16. The third-order valence-corrected chi connectivity index (χ3v) is 12.9. The molecule has 3 heteroatoms. The van der Waals surface area contributed by atoms with Crippen LogP contribution in [0.15, 0.2) is 169 Å². The molecule has 2 heterocycles. The van der Waals surface area contributed by atoms with Gasteiger partial charge in [-0.05, 0) is 112 Å². The van der Waals surface area contributed by atoms with Crippen LogP contribution < -0.4 is 0 Å². The summed E-state index contributed by atoms with van der Waals surface area (Å²) < 4.78 is 1.20. The maximum absolute atomic E-state index is 5.30. The van der Waals surface area contributed by atoms with Crippen molar-refractivity contribution in [1.29, 1.82) is 0 Å². The van der Waals surface area contributed by atoms with Crippen LogP contribution in [-0.4, -0.2) is 9.97 Å². The van der Waals surface area contributed by atoms with Crippen LogP contribution in [0.4, 0.5) is 0 Å². The van der Waals surface area contributed by atoms with Crippen LogP contribution in [0.3, 0.4) is 0 Å². The van der Waals surface area contributed by atoms with E-state index in [-0.39, 0.29) is 0 Å². The zero-order chi connectivity index (χ0) is 35.8. The number of pyridine rings is 1. The summed E-state index contributed by atoms with van der Waals surface area (Å²) in [6.45, 7) is 0. The molecule has 0 bridgehead atoms. The summed E-state index contributed by atoms with van der Waals surface area (Å²) in [7, 11) is 0. The number of nitrogens with zero attached hydrogens (tertiary/aromatic N) is 2. The fraction of sp³-hybridized carbons (Fsp3) is 0. The van der Waals surface area contributed by atoms with Crippen LogP contribution in [0.1, 0.15) is 0 Å². The van der Waals surface area contributed by atoms with Crippen molar-refractivity contribution in [3.63, 3.8) is 0 Å². The van der Waals surface area contributed by atoms with E-state index < -0.39 is 0 Å². The fourth-order valence-corrected chi connectivity index (χ4v) is 10.4. The molecule has 13 rings (SSSR count). The van der Waals surface area contributed by atoms with E-state index in [1.807, 2.05) is 5.51 Å². The van der Waals surface area contributed by atoms with E-state index in [0.717, 1.165) is 27.7 Å². The molecule has 55 heavy (non-hydrogen) atoms. The van der Waals surface area contributed by atoms with Gasteiger partial charge in [0.25, 0.3) is 0 Å². The quantitative estimate of drug-likeness (QED) is 0.170. The van der Waals surface area contributed by atoms with E-state index in [0.29, 0.717) is 0 Å². The Balaban J connectivity index is 0.965. The smallest absolute Gasteiger partial charge is 0.0890 e. The molecule has 252 valence electrons. The molecule has 0 saturated carbocycles. The summed E-state index contributed by atoms with van der Waals surface area (Å²) in [6, 6.07) is 60.5. The average molecular weight is 713 g/mol. The summed E-state index contributed by atoms with van der Waals surface area (Å²) in [5.74, 6) is 0. The van der Waals surface area contributed by atoms with E-state index in [1.165, 1.54) is 104 Å². The van der Waals surface area contributed by atoms with Crippen LogP contribution >= 0.6 is 11.3 Å².